The summed E-state index contributed by atoms with van der Waals surface area (Å²) in [4.78, 5) is 8.08. The molecule has 146 valence electrons. The van der Waals surface area contributed by atoms with Gasteiger partial charge in [0.1, 0.15) is 12.7 Å². The number of nitriles is 1. The maximum atomic E-state index is 9.28. The van der Waals surface area contributed by atoms with E-state index in [1.54, 1.807) is 18.5 Å². The second-order valence-electron chi connectivity index (χ2n) is 5.61. The minimum absolute atomic E-state index is 0.0721. The Labute approximate surface area is 182 Å². The van der Waals surface area contributed by atoms with Crippen molar-refractivity contribution in [3.8, 4) is 29.4 Å². The molecule has 1 N–H and O–H groups in total. The summed E-state index contributed by atoms with van der Waals surface area (Å²) in [6, 6.07) is 8.78. The fourth-order valence-electron chi connectivity index (χ4n) is 2.28. The summed E-state index contributed by atoms with van der Waals surface area (Å²) in [5.74, 6) is 6.07. The van der Waals surface area contributed by atoms with Crippen LogP contribution in [0.2, 0.25) is 15.1 Å². The van der Waals surface area contributed by atoms with Crippen molar-refractivity contribution >= 4 is 40.7 Å². The maximum Gasteiger partial charge on any atom is 0.233 e. The van der Waals surface area contributed by atoms with Crippen LogP contribution in [-0.2, 0) is 11.3 Å². The first-order valence-electron chi connectivity index (χ1n) is 8.30. The molecular formula is C20H13Cl3N4O2. The van der Waals surface area contributed by atoms with Crippen molar-refractivity contribution in [1.29, 1.82) is 5.26 Å². The van der Waals surface area contributed by atoms with Gasteiger partial charge in [-0.05, 0) is 29.8 Å². The lowest BCUT2D eigenvalue weighted by molar-refractivity contribution is 0.153. The van der Waals surface area contributed by atoms with E-state index in [0.717, 1.165) is 5.56 Å². The molecule has 0 atom stereocenters. The number of nitrogens with zero attached hydrogens (tertiary/aromatic N) is 3. The van der Waals surface area contributed by atoms with Crippen molar-refractivity contribution in [2.75, 3.05) is 18.5 Å². The van der Waals surface area contributed by atoms with Crippen LogP contribution >= 0.6 is 34.8 Å². The second kappa shape index (κ2) is 10.2. The molecule has 0 saturated carbocycles. The molecule has 2 aromatic heterocycles. The zero-order chi connectivity index (χ0) is 20.6. The van der Waals surface area contributed by atoms with Crippen LogP contribution < -0.4 is 5.32 Å². The predicted octanol–water partition coefficient (Wildman–Crippen LogP) is 5.20. The maximum absolute atomic E-state index is 9.28. The number of pyridine rings is 1. The summed E-state index contributed by atoms with van der Waals surface area (Å²) in [5.41, 5.74) is 1.49. The Hall–Kier alpha value is -2.74. The fraction of sp³-hybridized carbons (Fsp3) is 0.150. The Morgan fingerprint density at radius 3 is 2.69 bits per heavy atom. The molecule has 0 aliphatic heterocycles. The highest BCUT2D eigenvalue weighted by molar-refractivity contribution is 6.44. The summed E-state index contributed by atoms with van der Waals surface area (Å²) in [6.45, 7) is 0.969. The Morgan fingerprint density at radius 1 is 1.14 bits per heavy atom. The van der Waals surface area contributed by atoms with Gasteiger partial charge in [0.15, 0.2) is 0 Å². The Bertz CT molecular complexity index is 1100. The van der Waals surface area contributed by atoms with Gasteiger partial charge < -0.3 is 14.5 Å². The van der Waals surface area contributed by atoms with Crippen LogP contribution in [0.3, 0.4) is 0 Å². The largest absolute Gasteiger partial charge is 0.419 e. The first-order valence-corrected chi connectivity index (χ1v) is 9.44. The lowest BCUT2D eigenvalue weighted by Gasteiger charge is -2.03. The number of halogens is 3. The third kappa shape index (κ3) is 5.63. The third-order valence-corrected chi connectivity index (χ3v) is 4.63. The Morgan fingerprint density at radius 2 is 1.93 bits per heavy atom. The van der Waals surface area contributed by atoms with Crippen LogP contribution in [0.1, 0.15) is 11.3 Å². The van der Waals surface area contributed by atoms with Crippen LogP contribution in [0.15, 0.2) is 41.1 Å². The van der Waals surface area contributed by atoms with Crippen LogP contribution in [0.25, 0.3) is 11.5 Å². The van der Waals surface area contributed by atoms with Gasteiger partial charge in [-0.1, -0.05) is 46.6 Å². The number of oxazole rings is 1. The van der Waals surface area contributed by atoms with Gasteiger partial charge in [0.25, 0.3) is 0 Å². The molecule has 1 aromatic carbocycles. The SMILES string of the molecule is N#Cc1nc(-c2cc(Cl)cc(Cl)c2Cl)oc1NCC#CCOCc1ccncc1. The van der Waals surface area contributed by atoms with Crippen molar-refractivity contribution in [3.63, 3.8) is 0 Å². The van der Waals surface area contributed by atoms with Crippen molar-refractivity contribution in [1.82, 2.24) is 9.97 Å². The molecule has 0 saturated heterocycles. The minimum Gasteiger partial charge on any atom is -0.419 e. The van der Waals surface area contributed by atoms with Crippen LogP contribution in [-0.4, -0.2) is 23.1 Å². The molecule has 2 heterocycles. The van der Waals surface area contributed by atoms with Crippen molar-refractivity contribution < 1.29 is 9.15 Å². The topological polar surface area (TPSA) is 84.0 Å². The summed E-state index contributed by atoms with van der Waals surface area (Å²) < 4.78 is 11.1. The van der Waals surface area contributed by atoms with E-state index in [-0.39, 0.29) is 40.7 Å². The van der Waals surface area contributed by atoms with Gasteiger partial charge in [-0.15, -0.1) is 0 Å². The van der Waals surface area contributed by atoms with Gasteiger partial charge in [-0.25, -0.2) is 0 Å². The second-order valence-corrected chi connectivity index (χ2v) is 6.83. The van der Waals surface area contributed by atoms with Crippen molar-refractivity contribution in [2.45, 2.75) is 6.61 Å². The highest BCUT2D eigenvalue weighted by Gasteiger charge is 2.18. The number of nitrogens with one attached hydrogen (secondary N) is 1. The number of benzene rings is 1. The van der Waals surface area contributed by atoms with Gasteiger partial charge in [0.2, 0.25) is 17.5 Å². The number of hydrogen-bond acceptors (Lipinski definition) is 6. The molecule has 0 aliphatic carbocycles. The van der Waals surface area contributed by atoms with E-state index in [1.807, 2.05) is 18.2 Å². The quantitative estimate of drug-likeness (QED) is 0.318. The monoisotopic (exact) mass is 446 g/mol. The van der Waals surface area contributed by atoms with E-state index in [9.17, 15) is 5.26 Å². The molecule has 0 bridgehead atoms. The minimum atomic E-state index is 0.0721. The van der Waals surface area contributed by atoms with Crippen LogP contribution in [0, 0.1) is 23.2 Å². The summed E-state index contributed by atoms with van der Waals surface area (Å²) in [5, 5.41) is 13.1. The van der Waals surface area contributed by atoms with Gasteiger partial charge >= 0.3 is 0 Å². The molecule has 3 rings (SSSR count). The first-order chi connectivity index (χ1) is 14.1. The number of hydrogen-bond donors (Lipinski definition) is 1. The molecule has 9 heteroatoms. The van der Waals surface area contributed by atoms with Gasteiger partial charge in [0.05, 0.1) is 28.8 Å². The summed E-state index contributed by atoms with van der Waals surface area (Å²) >= 11 is 18.2. The molecule has 29 heavy (non-hydrogen) atoms. The predicted molar refractivity (Wildman–Crippen MR) is 112 cm³/mol. The van der Waals surface area contributed by atoms with E-state index in [1.165, 1.54) is 6.07 Å². The molecular weight excluding hydrogens is 435 g/mol. The van der Waals surface area contributed by atoms with Gasteiger partial charge in [-0.2, -0.15) is 10.2 Å². The first kappa shape index (κ1) is 21.0. The molecule has 0 unspecified atom stereocenters. The lowest BCUT2D eigenvalue weighted by atomic mass is 10.2. The third-order valence-electron chi connectivity index (χ3n) is 3.61. The van der Waals surface area contributed by atoms with Crippen LogP contribution in [0.5, 0.6) is 0 Å². The smallest absolute Gasteiger partial charge is 0.233 e. The van der Waals surface area contributed by atoms with Gasteiger partial charge in [-0.3, -0.25) is 4.98 Å². The number of ether oxygens (including phenoxy) is 1. The summed E-state index contributed by atoms with van der Waals surface area (Å²) in [7, 11) is 0. The van der Waals surface area contributed by atoms with Crippen molar-refractivity contribution in [2.24, 2.45) is 0 Å². The highest BCUT2D eigenvalue weighted by Crippen LogP contribution is 2.37. The number of rotatable bonds is 6. The lowest BCUT2D eigenvalue weighted by Crippen LogP contribution is -2.00. The van der Waals surface area contributed by atoms with Gasteiger partial charge in [0, 0.05) is 17.4 Å². The normalized spacial score (nSPS) is 10.1. The molecule has 3 aromatic rings. The summed E-state index contributed by atoms with van der Waals surface area (Å²) in [6.07, 6.45) is 3.41. The zero-order valence-electron chi connectivity index (χ0n) is 14.9. The van der Waals surface area contributed by atoms with E-state index in [0.29, 0.717) is 17.2 Å². The van der Waals surface area contributed by atoms with E-state index < -0.39 is 0 Å². The van der Waals surface area contributed by atoms with E-state index in [4.69, 9.17) is 44.0 Å². The molecule has 0 fully saturated rings. The molecule has 0 radical (unpaired) electrons. The molecule has 0 spiro atoms. The molecule has 0 aliphatic rings. The molecule has 0 amide bonds. The average molecular weight is 448 g/mol. The Balaban J connectivity index is 1.59. The standard InChI is InChI=1S/C20H13Cl3N4O2/c21-14-9-15(18(23)16(22)10-14)19-27-17(11-24)20(29-19)26-5-1-2-8-28-12-13-3-6-25-7-4-13/h3-4,6-7,9-10,26H,5,8,12H2. The fourth-order valence-corrected chi connectivity index (χ4v) is 2.96. The average Bonchev–Trinajstić information content (AvgIpc) is 3.13. The number of aromatic nitrogens is 2. The van der Waals surface area contributed by atoms with Crippen molar-refractivity contribution in [3.05, 3.63) is 63.0 Å². The molecule has 6 nitrogen and oxygen atoms in total. The number of anilines is 1. The highest BCUT2D eigenvalue weighted by atomic mass is 35.5. The Kier molecular flexibility index (Phi) is 7.35. The van der Waals surface area contributed by atoms with Crippen LogP contribution in [0.4, 0.5) is 5.88 Å². The van der Waals surface area contributed by atoms with E-state index in [2.05, 4.69) is 27.1 Å². The van der Waals surface area contributed by atoms with E-state index >= 15 is 0 Å². The zero-order valence-corrected chi connectivity index (χ0v) is 17.1.